The maximum Gasteiger partial charge on any atom is 0.133 e. The summed E-state index contributed by atoms with van der Waals surface area (Å²) in [5, 5.41) is 17.2. The van der Waals surface area contributed by atoms with E-state index in [0.717, 1.165) is 24.5 Å². The number of benzene rings is 4. The van der Waals surface area contributed by atoms with Gasteiger partial charge in [0.1, 0.15) is 22.7 Å². The van der Waals surface area contributed by atoms with Gasteiger partial charge in [-0.05, 0) is 96.2 Å². The van der Waals surface area contributed by atoms with Gasteiger partial charge in [0, 0.05) is 0 Å². The molecule has 2 aliphatic carbocycles. The Hall–Kier alpha value is -4.58. The second kappa shape index (κ2) is 9.98. The summed E-state index contributed by atoms with van der Waals surface area (Å²) in [6, 6.07) is 31.1. The zero-order valence-electron chi connectivity index (χ0n) is 25.9. The molecule has 2 atom stereocenters. The number of rotatable bonds is 6. The van der Waals surface area contributed by atoms with Gasteiger partial charge in [0.15, 0.2) is 0 Å². The lowest BCUT2D eigenvalue weighted by Gasteiger charge is -2.26. The average molecular weight is 579 g/mol. The smallest absolute Gasteiger partial charge is 0.133 e. The van der Waals surface area contributed by atoms with E-state index >= 15 is 0 Å². The molecule has 8 rings (SSSR count). The fraction of sp³-hybridized carbons (Fsp3) is 0.316. The normalized spacial score (nSPS) is 20.0. The van der Waals surface area contributed by atoms with Gasteiger partial charge in [-0.2, -0.15) is 10.2 Å². The van der Waals surface area contributed by atoms with Crippen LogP contribution in [0.3, 0.4) is 0 Å². The van der Waals surface area contributed by atoms with Crippen LogP contribution >= 0.6 is 0 Å². The van der Waals surface area contributed by atoms with E-state index in [4.69, 9.17) is 20.2 Å². The minimum atomic E-state index is -0.586. The van der Waals surface area contributed by atoms with Crippen molar-refractivity contribution in [2.45, 2.75) is 63.7 Å². The Morgan fingerprint density at radius 1 is 0.545 bits per heavy atom. The van der Waals surface area contributed by atoms with Crippen LogP contribution in [-0.4, -0.2) is 35.8 Å². The molecule has 4 aromatic rings. The average Bonchev–Trinajstić information content (AvgIpc) is 3.84. The van der Waals surface area contributed by atoms with E-state index in [1.165, 1.54) is 55.6 Å². The van der Waals surface area contributed by atoms with E-state index < -0.39 is 11.1 Å². The number of fused-ring (bicyclic) bond motifs is 6. The minimum absolute atomic E-state index is 0.136. The maximum absolute atomic E-state index is 4.95. The first-order chi connectivity index (χ1) is 21.3. The fourth-order valence-corrected chi connectivity index (χ4v) is 7.33. The van der Waals surface area contributed by atoms with Crippen molar-refractivity contribution in [3.8, 4) is 22.3 Å². The molecule has 0 saturated carbocycles. The highest BCUT2D eigenvalue weighted by Gasteiger charge is 2.37. The lowest BCUT2D eigenvalue weighted by Crippen LogP contribution is -2.42. The van der Waals surface area contributed by atoms with Crippen LogP contribution < -0.4 is 10.6 Å². The van der Waals surface area contributed by atoms with Gasteiger partial charge in [-0.1, -0.05) is 84.9 Å². The SMILES string of the molecule is CC(C)(N=NC(C)(C)C1=NCC(c2cccc3c2Cc2ccccc2-3)N1)C1=NCC(c2cccc3c2Cc2ccccc2-3)N1. The minimum Gasteiger partial charge on any atom is -0.363 e. The summed E-state index contributed by atoms with van der Waals surface area (Å²) in [5.41, 5.74) is 12.5. The van der Waals surface area contributed by atoms with Crippen LogP contribution in [-0.2, 0) is 12.8 Å². The second-order valence-electron chi connectivity index (χ2n) is 13.5. The van der Waals surface area contributed by atoms with Crippen molar-refractivity contribution in [1.82, 2.24) is 10.6 Å². The molecular formula is C38H38N6. The van der Waals surface area contributed by atoms with Gasteiger partial charge < -0.3 is 10.6 Å². The topological polar surface area (TPSA) is 73.5 Å². The molecule has 0 radical (unpaired) electrons. The number of amidine groups is 2. The van der Waals surface area contributed by atoms with Crippen molar-refractivity contribution in [2.24, 2.45) is 20.2 Å². The number of nitrogens with one attached hydrogen (secondary N) is 2. The Kier molecular flexibility index (Phi) is 6.12. The van der Waals surface area contributed by atoms with E-state index in [9.17, 15) is 0 Å². The van der Waals surface area contributed by atoms with E-state index in [1.807, 2.05) is 0 Å². The van der Waals surface area contributed by atoms with Gasteiger partial charge >= 0.3 is 0 Å². The van der Waals surface area contributed by atoms with Crippen molar-refractivity contribution in [3.05, 3.63) is 118 Å². The standard InChI is InChI=1S/C38H38N6/c1-37(2,35-39-21-33(41-35)29-17-9-15-27-25-13-7-5-11-23(25)19-31(27)29)43-44-38(3,4)36-40-22-34(42-36)30-18-10-16-28-26-14-8-6-12-24(26)20-32(28)30/h5-18,33-34H,19-22H2,1-4H3,(H,39,41)(H,40,42). The largest absolute Gasteiger partial charge is 0.363 e. The summed E-state index contributed by atoms with van der Waals surface area (Å²) in [6.45, 7) is 9.75. The molecule has 0 bridgehead atoms. The van der Waals surface area contributed by atoms with E-state index in [1.54, 1.807) is 0 Å². The summed E-state index contributed by atoms with van der Waals surface area (Å²) in [4.78, 5) is 9.89. The molecule has 2 unspecified atom stereocenters. The highest BCUT2D eigenvalue weighted by Crippen LogP contribution is 2.42. The molecule has 2 N–H and O–H groups in total. The number of nitrogens with zero attached hydrogens (tertiary/aromatic N) is 4. The lowest BCUT2D eigenvalue weighted by atomic mass is 9.96. The number of azo groups is 1. The molecule has 4 aliphatic rings. The Morgan fingerprint density at radius 3 is 1.41 bits per heavy atom. The van der Waals surface area contributed by atoms with Crippen molar-refractivity contribution in [2.75, 3.05) is 13.1 Å². The van der Waals surface area contributed by atoms with Gasteiger partial charge in [0.25, 0.3) is 0 Å². The molecular weight excluding hydrogens is 540 g/mol. The molecule has 0 spiro atoms. The third-order valence-electron chi connectivity index (χ3n) is 9.72. The molecule has 6 heteroatoms. The maximum atomic E-state index is 4.95. The summed E-state index contributed by atoms with van der Waals surface area (Å²) >= 11 is 0. The van der Waals surface area contributed by atoms with Gasteiger partial charge in [0.2, 0.25) is 0 Å². The Labute approximate surface area is 259 Å². The summed E-state index contributed by atoms with van der Waals surface area (Å²) in [7, 11) is 0. The second-order valence-corrected chi connectivity index (χ2v) is 13.5. The number of hydrogen-bond donors (Lipinski definition) is 2. The van der Waals surface area contributed by atoms with Crippen LogP contribution in [0.15, 0.2) is 105 Å². The summed E-state index contributed by atoms with van der Waals surface area (Å²) < 4.78 is 0. The summed E-state index contributed by atoms with van der Waals surface area (Å²) in [5.74, 6) is 1.77. The molecule has 2 aliphatic heterocycles. The first-order valence-corrected chi connectivity index (χ1v) is 15.8. The van der Waals surface area contributed by atoms with Gasteiger partial charge in [-0.3, -0.25) is 9.98 Å². The van der Waals surface area contributed by atoms with Gasteiger partial charge in [-0.15, -0.1) is 0 Å². The lowest BCUT2D eigenvalue weighted by molar-refractivity contribution is 0.544. The molecule has 0 saturated heterocycles. The monoisotopic (exact) mass is 578 g/mol. The quantitative estimate of drug-likeness (QED) is 0.200. The van der Waals surface area contributed by atoms with Crippen LogP contribution in [0.25, 0.3) is 22.3 Å². The Balaban J connectivity index is 0.957. The predicted molar refractivity (Wildman–Crippen MR) is 179 cm³/mol. The first kappa shape index (κ1) is 27.0. The highest BCUT2D eigenvalue weighted by molar-refractivity contribution is 5.94. The van der Waals surface area contributed by atoms with E-state index in [0.29, 0.717) is 13.1 Å². The molecule has 0 amide bonds. The predicted octanol–water partition coefficient (Wildman–Crippen LogP) is 7.62. The number of aliphatic imine (C=N–C) groups is 2. The zero-order valence-corrected chi connectivity index (χ0v) is 25.9. The van der Waals surface area contributed by atoms with Crippen molar-refractivity contribution in [1.29, 1.82) is 0 Å². The molecule has 220 valence electrons. The third-order valence-corrected chi connectivity index (χ3v) is 9.72. The zero-order chi connectivity index (χ0) is 30.1. The molecule has 0 fully saturated rings. The van der Waals surface area contributed by atoms with Crippen LogP contribution in [0.5, 0.6) is 0 Å². The Morgan fingerprint density at radius 2 is 0.955 bits per heavy atom. The Bertz CT molecular complexity index is 1760. The van der Waals surface area contributed by atoms with Crippen molar-refractivity contribution in [3.63, 3.8) is 0 Å². The van der Waals surface area contributed by atoms with Gasteiger partial charge in [-0.25, -0.2) is 0 Å². The highest BCUT2D eigenvalue weighted by atomic mass is 15.3. The van der Waals surface area contributed by atoms with Crippen LogP contribution in [0.1, 0.15) is 73.2 Å². The summed E-state index contributed by atoms with van der Waals surface area (Å²) in [6.07, 6.45) is 1.95. The molecule has 0 aromatic heterocycles. The van der Waals surface area contributed by atoms with E-state index in [-0.39, 0.29) is 12.1 Å². The number of hydrogen-bond acceptors (Lipinski definition) is 6. The molecule has 4 aromatic carbocycles. The third kappa shape index (κ3) is 4.38. The fourth-order valence-electron chi connectivity index (χ4n) is 7.33. The van der Waals surface area contributed by atoms with Crippen molar-refractivity contribution >= 4 is 11.7 Å². The van der Waals surface area contributed by atoms with Crippen molar-refractivity contribution < 1.29 is 0 Å². The molecule has 44 heavy (non-hydrogen) atoms. The molecule has 2 heterocycles. The van der Waals surface area contributed by atoms with Gasteiger partial charge in [0.05, 0.1) is 25.2 Å². The van der Waals surface area contributed by atoms with Crippen LogP contribution in [0, 0.1) is 0 Å². The van der Waals surface area contributed by atoms with E-state index in [2.05, 4.69) is 123 Å². The van der Waals surface area contributed by atoms with Crippen LogP contribution in [0.2, 0.25) is 0 Å². The van der Waals surface area contributed by atoms with Crippen LogP contribution in [0.4, 0.5) is 0 Å². The first-order valence-electron chi connectivity index (χ1n) is 15.8. The molecule has 6 nitrogen and oxygen atoms in total.